The van der Waals surface area contributed by atoms with Crippen molar-refractivity contribution in [2.45, 2.75) is 25.2 Å². The first kappa shape index (κ1) is 18.1. The molecule has 0 aliphatic heterocycles. The Hall–Kier alpha value is -2.91. The monoisotopic (exact) mass is 400 g/mol. The Morgan fingerprint density at radius 2 is 1.55 bits per heavy atom. The van der Waals surface area contributed by atoms with Crippen LogP contribution < -0.4 is 5.43 Å². The van der Waals surface area contributed by atoms with Crippen LogP contribution in [-0.2, 0) is 0 Å². The number of benzene rings is 3. The largest absolute Gasteiger partial charge is 0.271 e. The fourth-order valence-electron chi connectivity index (χ4n) is 4.96. The van der Waals surface area contributed by atoms with E-state index in [4.69, 9.17) is 11.6 Å². The van der Waals surface area contributed by atoms with Gasteiger partial charge in [0, 0.05) is 34.1 Å². The molecule has 3 aromatic rings. The summed E-state index contributed by atoms with van der Waals surface area (Å²) in [4.78, 5) is 12.5. The van der Waals surface area contributed by atoms with Gasteiger partial charge in [-0.3, -0.25) is 4.79 Å². The Morgan fingerprint density at radius 1 is 0.931 bits per heavy atom. The van der Waals surface area contributed by atoms with Gasteiger partial charge in [-0.05, 0) is 53.8 Å². The normalized spacial score (nSPS) is 22.0. The van der Waals surface area contributed by atoms with Crippen molar-refractivity contribution in [3.05, 3.63) is 106 Å². The molecule has 0 fully saturated rings. The Kier molecular flexibility index (Phi) is 4.48. The summed E-state index contributed by atoms with van der Waals surface area (Å²) >= 11 is 6.00. The zero-order valence-electron chi connectivity index (χ0n) is 16.1. The zero-order valence-corrected chi connectivity index (χ0v) is 16.9. The van der Waals surface area contributed by atoms with E-state index in [0.717, 1.165) is 12.1 Å². The molecule has 1 atom stereocenters. The van der Waals surface area contributed by atoms with E-state index in [0.29, 0.717) is 16.5 Å². The van der Waals surface area contributed by atoms with Gasteiger partial charge in [0.15, 0.2) is 0 Å². The lowest BCUT2D eigenvalue weighted by Crippen LogP contribution is -2.36. The van der Waals surface area contributed by atoms with Gasteiger partial charge in [0.25, 0.3) is 5.91 Å². The van der Waals surface area contributed by atoms with E-state index in [2.05, 4.69) is 59.1 Å². The number of hydrogen-bond acceptors (Lipinski definition) is 2. The van der Waals surface area contributed by atoms with Crippen molar-refractivity contribution >= 4 is 23.2 Å². The van der Waals surface area contributed by atoms with Crippen molar-refractivity contribution in [3.63, 3.8) is 0 Å². The van der Waals surface area contributed by atoms with Gasteiger partial charge in [0.1, 0.15) is 0 Å². The number of hydrazone groups is 1. The van der Waals surface area contributed by atoms with E-state index in [1.54, 1.807) is 24.3 Å². The van der Waals surface area contributed by atoms with E-state index in [-0.39, 0.29) is 17.7 Å². The maximum Gasteiger partial charge on any atom is 0.271 e. The highest BCUT2D eigenvalue weighted by Gasteiger charge is 2.44. The molecule has 0 radical (unpaired) electrons. The number of amides is 1. The Bertz CT molecular complexity index is 1090. The number of nitrogens with one attached hydrogen (secondary N) is 1. The molecule has 3 aliphatic carbocycles. The first-order valence-electron chi connectivity index (χ1n) is 9.91. The highest BCUT2D eigenvalue weighted by Crippen LogP contribution is 2.55. The number of nitrogens with zero attached hydrogens (tertiary/aromatic N) is 1. The van der Waals surface area contributed by atoms with Gasteiger partial charge in [-0.2, -0.15) is 5.10 Å². The molecule has 0 unspecified atom stereocenters. The molecule has 4 heteroatoms. The molecule has 0 saturated heterocycles. The maximum absolute atomic E-state index is 12.5. The lowest BCUT2D eigenvalue weighted by Gasteiger charge is -2.45. The molecular weight excluding hydrogens is 380 g/mol. The van der Waals surface area contributed by atoms with Crippen LogP contribution in [-0.4, -0.2) is 11.6 Å². The van der Waals surface area contributed by atoms with Gasteiger partial charge in [-0.1, -0.05) is 66.2 Å². The van der Waals surface area contributed by atoms with Crippen LogP contribution in [0, 0.1) is 5.92 Å². The highest BCUT2D eigenvalue weighted by molar-refractivity contribution is 6.30. The maximum atomic E-state index is 12.5. The lowest BCUT2D eigenvalue weighted by molar-refractivity contribution is 0.0954. The molecular formula is C25H21ClN2O. The predicted octanol–water partition coefficient (Wildman–Crippen LogP) is 5.74. The van der Waals surface area contributed by atoms with Gasteiger partial charge >= 0.3 is 0 Å². The Morgan fingerprint density at radius 3 is 2.17 bits per heavy atom. The fourth-order valence-corrected chi connectivity index (χ4v) is 5.15. The SMILES string of the molecule is C/C(=N\NC(=O)c1cccc(Cl)c1)[C@H]1CC2c3ccccc3C1c1ccccc12. The number of fused-ring (bicyclic) bond motifs is 1. The minimum Gasteiger partial charge on any atom is -0.267 e. The summed E-state index contributed by atoms with van der Waals surface area (Å²) in [6, 6.07) is 24.4. The molecule has 29 heavy (non-hydrogen) atoms. The van der Waals surface area contributed by atoms with Crippen LogP contribution in [0.15, 0.2) is 77.9 Å². The molecule has 144 valence electrons. The molecule has 0 aromatic heterocycles. The Balaban J connectivity index is 1.46. The first-order valence-corrected chi connectivity index (χ1v) is 10.3. The summed E-state index contributed by atoms with van der Waals surface area (Å²) in [5.74, 6) is 0.684. The summed E-state index contributed by atoms with van der Waals surface area (Å²) in [5.41, 5.74) is 9.84. The molecule has 3 nitrogen and oxygen atoms in total. The van der Waals surface area contributed by atoms with Crippen LogP contribution in [0.25, 0.3) is 0 Å². The topological polar surface area (TPSA) is 41.5 Å². The quantitative estimate of drug-likeness (QED) is 0.441. The number of hydrogen-bond donors (Lipinski definition) is 1. The molecule has 1 N–H and O–H groups in total. The third-order valence-electron chi connectivity index (χ3n) is 6.26. The first-order chi connectivity index (χ1) is 14.1. The third kappa shape index (κ3) is 3.06. The predicted molar refractivity (Wildman–Crippen MR) is 117 cm³/mol. The lowest BCUT2D eigenvalue weighted by atomic mass is 9.58. The van der Waals surface area contributed by atoms with E-state index in [1.807, 2.05) is 6.92 Å². The molecule has 0 spiro atoms. The molecule has 0 heterocycles. The van der Waals surface area contributed by atoms with Gasteiger partial charge in [0.2, 0.25) is 0 Å². The van der Waals surface area contributed by atoms with Crippen LogP contribution >= 0.6 is 11.6 Å². The van der Waals surface area contributed by atoms with Crippen molar-refractivity contribution in [2.24, 2.45) is 11.0 Å². The standard InChI is InChI=1S/C25H21ClN2O/c1-15(27-28-25(29)16-7-6-8-17(26)13-16)22-14-23-18-9-2-4-11-20(18)24(22)21-12-5-3-10-19(21)23/h2-13,22-24H,14H2,1H3,(H,28,29)/b27-15+/t22-,23?,24?/m1/s1. The minimum atomic E-state index is -0.242. The van der Waals surface area contributed by atoms with E-state index >= 15 is 0 Å². The second-order valence-electron chi connectivity index (χ2n) is 7.83. The van der Waals surface area contributed by atoms with E-state index < -0.39 is 0 Å². The van der Waals surface area contributed by atoms with Gasteiger partial charge in [0.05, 0.1) is 0 Å². The molecule has 3 aliphatic rings. The van der Waals surface area contributed by atoms with Gasteiger partial charge < -0.3 is 0 Å². The summed E-state index contributed by atoms with van der Waals surface area (Å²) in [7, 11) is 0. The van der Waals surface area contributed by atoms with E-state index in [1.165, 1.54) is 22.3 Å². The second-order valence-corrected chi connectivity index (χ2v) is 8.27. The van der Waals surface area contributed by atoms with Gasteiger partial charge in [-0.15, -0.1) is 0 Å². The van der Waals surface area contributed by atoms with Crippen LogP contribution in [0.3, 0.4) is 0 Å². The average molecular weight is 401 g/mol. The van der Waals surface area contributed by atoms with Crippen molar-refractivity contribution < 1.29 is 4.79 Å². The minimum absolute atomic E-state index is 0.242. The molecule has 6 rings (SSSR count). The smallest absolute Gasteiger partial charge is 0.267 e. The molecule has 2 bridgehead atoms. The van der Waals surface area contributed by atoms with Crippen molar-refractivity contribution in [2.75, 3.05) is 0 Å². The molecule has 0 saturated carbocycles. The average Bonchev–Trinajstić information content (AvgIpc) is 2.77. The molecule has 1 amide bonds. The zero-order chi connectivity index (χ0) is 20.0. The fraction of sp³-hybridized carbons (Fsp3) is 0.200. The van der Waals surface area contributed by atoms with Crippen molar-refractivity contribution in [1.29, 1.82) is 0 Å². The third-order valence-corrected chi connectivity index (χ3v) is 6.50. The van der Waals surface area contributed by atoms with Crippen LogP contribution in [0.5, 0.6) is 0 Å². The Labute approximate surface area is 175 Å². The highest BCUT2D eigenvalue weighted by atomic mass is 35.5. The summed E-state index contributed by atoms with van der Waals surface area (Å²) in [5, 5.41) is 5.03. The van der Waals surface area contributed by atoms with E-state index in [9.17, 15) is 4.79 Å². The van der Waals surface area contributed by atoms with Crippen LogP contribution in [0.2, 0.25) is 5.02 Å². The number of halogens is 1. The summed E-state index contributed by atoms with van der Waals surface area (Å²) in [6.45, 7) is 2.02. The van der Waals surface area contributed by atoms with Crippen molar-refractivity contribution in [3.8, 4) is 0 Å². The second kappa shape index (κ2) is 7.16. The number of carbonyl (C=O) groups is 1. The number of rotatable bonds is 3. The van der Waals surface area contributed by atoms with Crippen LogP contribution in [0.4, 0.5) is 0 Å². The van der Waals surface area contributed by atoms with Crippen LogP contribution in [0.1, 0.15) is 57.8 Å². The molecule has 3 aromatic carbocycles. The van der Waals surface area contributed by atoms with Gasteiger partial charge in [-0.25, -0.2) is 5.43 Å². The van der Waals surface area contributed by atoms with Crippen molar-refractivity contribution in [1.82, 2.24) is 5.43 Å². The summed E-state index contributed by atoms with van der Waals surface area (Å²) < 4.78 is 0. The number of carbonyl (C=O) groups excluding carboxylic acids is 1. The summed E-state index contributed by atoms with van der Waals surface area (Å²) in [6.07, 6.45) is 1.01.